The van der Waals surface area contributed by atoms with Crippen LogP contribution in [0.2, 0.25) is 0 Å². The van der Waals surface area contributed by atoms with Crippen molar-refractivity contribution in [3.05, 3.63) is 35.9 Å². The van der Waals surface area contributed by atoms with E-state index in [0.717, 1.165) is 5.56 Å². The van der Waals surface area contributed by atoms with Crippen LogP contribution in [0.25, 0.3) is 0 Å². The van der Waals surface area contributed by atoms with Crippen LogP contribution in [0.5, 0.6) is 0 Å². The lowest BCUT2D eigenvalue weighted by molar-refractivity contribution is -0.123. The molecule has 1 N–H and O–H groups in total. The van der Waals surface area contributed by atoms with Gasteiger partial charge in [-0.25, -0.2) is 0 Å². The molecule has 1 rings (SSSR count). The maximum Gasteiger partial charge on any atom is 0.223 e. The van der Waals surface area contributed by atoms with Crippen LogP contribution >= 0.6 is 12.6 Å². The van der Waals surface area contributed by atoms with E-state index in [1.54, 1.807) is 0 Å². The van der Waals surface area contributed by atoms with Crippen molar-refractivity contribution in [3.8, 4) is 0 Å². The van der Waals surface area contributed by atoms with Gasteiger partial charge < -0.3 is 5.32 Å². The fourth-order valence-corrected chi connectivity index (χ4v) is 1.21. The highest BCUT2D eigenvalue weighted by Crippen LogP contribution is 2.00. The monoisotopic (exact) mass is 209 g/mol. The lowest BCUT2D eigenvalue weighted by Gasteiger charge is -2.09. The molecule has 76 valence electrons. The van der Waals surface area contributed by atoms with E-state index in [1.165, 1.54) is 0 Å². The van der Waals surface area contributed by atoms with Crippen molar-refractivity contribution in [3.63, 3.8) is 0 Å². The summed E-state index contributed by atoms with van der Waals surface area (Å²) in [6, 6.07) is 9.87. The van der Waals surface area contributed by atoms with Gasteiger partial charge in [0.05, 0.1) is 0 Å². The third-order valence-electron chi connectivity index (χ3n) is 2.03. The zero-order valence-corrected chi connectivity index (χ0v) is 9.13. The number of hydrogen-bond acceptors (Lipinski definition) is 2. The van der Waals surface area contributed by atoms with Gasteiger partial charge in [0, 0.05) is 18.2 Å². The van der Waals surface area contributed by atoms with E-state index in [4.69, 9.17) is 0 Å². The van der Waals surface area contributed by atoms with Crippen LogP contribution in [0.15, 0.2) is 30.3 Å². The highest BCUT2D eigenvalue weighted by atomic mass is 32.1. The zero-order valence-electron chi connectivity index (χ0n) is 8.23. The molecule has 0 aliphatic carbocycles. The maximum atomic E-state index is 11.4. The normalized spacial score (nSPS) is 12.1. The summed E-state index contributed by atoms with van der Waals surface area (Å²) in [5, 5.41) is 2.86. The molecule has 1 amide bonds. The SMILES string of the molecule is C[C@H](CS)C(=O)NCc1ccccc1. The van der Waals surface area contributed by atoms with Crippen molar-refractivity contribution in [2.24, 2.45) is 5.92 Å². The summed E-state index contributed by atoms with van der Waals surface area (Å²) in [4.78, 5) is 11.4. The number of amides is 1. The Bertz CT molecular complexity index is 287. The Morgan fingerprint density at radius 1 is 1.43 bits per heavy atom. The van der Waals surface area contributed by atoms with Crippen molar-refractivity contribution in [1.82, 2.24) is 5.32 Å². The molecule has 0 fully saturated rings. The van der Waals surface area contributed by atoms with Gasteiger partial charge in [0.15, 0.2) is 0 Å². The van der Waals surface area contributed by atoms with E-state index < -0.39 is 0 Å². The van der Waals surface area contributed by atoms with Gasteiger partial charge >= 0.3 is 0 Å². The Balaban J connectivity index is 2.38. The van der Waals surface area contributed by atoms with Crippen LogP contribution in [0.3, 0.4) is 0 Å². The topological polar surface area (TPSA) is 29.1 Å². The molecule has 0 bridgehead atoms. The largest absolute Gasteiger partial charge is 0.352 e. The van der Waals surface area contributed by atoms with E-state index in [0.29, 0.717) is 12.3 Å². The molecule has 0 aromatic heterocycles. The molecule has 0 spiro atoms. The van der Waals surface area contributed by atoms with Crippen LogP contribution in [0.1, 0.15) is 12.5 Å². The van der Waals surface area contributed by atoms with Crippen LogP contribution in [-0.4, -0.2) is 11.7 Å². The lowest BCUT2D eigenvalue weighted by atomic mass is 10.2. The minimum atomic E-state index is -0.0259. The summed E-state index contributed by atoms with van der Waals surface area (Å²) in [6.07, 6.45) is 0. The first-order chi connectivity index (χ1) is 6.74. The Morgan fingerprint density at radius 2 is 2.07 bits per heavy atom. The highest BCUT2D eigenvalue weighted by Gasteiger charge is 2.09. The first kappa shape index (κ1) is 11.1. The predicted octanol–water partition coefficient (Wildman–Crippen LogP) is 1.87. The maximum absolute atomic E-state index is 11.4. The Hall–Kier alpha value is -0.960. The second kappa shape index (κ2) is 5.70. The molecule has 1 aromatic carbocycles. The van der Waals surface area contributed by atoms with Crippen LogP contribution < -0.4 is 5.32 Å². The molecule has 0 heterocycles. The summed E-state index contributed by atoms with van der Waals surface area (Å²) in [7, 11) is 0. The number of carbonyl (C=O) groups excluding carboxylic acids is 1. The standard InChI is InChI=1S/C11H15NOS/c1-9(8-14)11(13)12-7-10-5-3-2-4-6-10/h2-6,9,14H,7-8H2,1H3,(H,12,13)/t9-/m1/s1. The molecule has 14 heavy (non-hydrogen) atoms. The molecule has 0 aliphatic heterocycles. The van der Waals surface area contributed by atoms with E-state index in [1.807, 2.05) is 37.3 Å². The number of carbonyl (C=O) groups is 1. The number of rotatable bonds is 4. The molecule has 3 heteroatoms. The summed E-state index contributed by atoms with van der Waals surface area (Å²) in [5.41, 5.74) is 1.12. The van der Waals surface area contributed by atoms with Crippen molar-refractivity contribution < 1.29 is 4.79 Å². The summed E-state index contributed by atoms with van der Waals surface area (Å²) >= 11 is 4.07. The first-order valence-electron chi connectivity index (χ1n) is 4.66. The third kappa shape index (κ3) is 3.42. The molecule has 1 aromatic rings. The zero-order chi connectivity index (χ0) is 10.4. The van der Waals surface area contributed by atoms with Gasteiger partial charge in [-0.15, -0.1) is 0 Å². The van der Waals surface area contributed by atoms with Crippen LogP contribution in [0.4, 0.5) is 0 Å². The van der Waals surface area contributed by atoms with Crippen molar-refractivity contribution in [2.75, 3.05) is 5.75 Å². The quantitative estimate of drug-likeness (QED) is 0.728. The van der Waals surface area contributed by atoms with Gasteiger partial charge in [0.2, 0.25) is 5.91 Å². The van der Waals surface area contributed by atoms with E-state index in [-0.39, 0.29) is 11.8 Å². The van der Waals surface area contributed by atoms with Crippen molar-refractivity contribution in [2.45, 2.75) is 13.5 Å². The lowest BCUT2D eigenvalue weighted by Crippen LogP contribution is -2.29. The van der Waals surface area contributed by atoms with Crippen molar-refractivity contribution in [1.29, 1.82) is 0 Å². The minimum Gasteiger partial charge on any atom is -0.352 e. The second-order valence-electron chi connectivity index (χ2n) is 3.29. The van der Waals surface area contributed by atoms with Crippen molar-refractivity contribution >= 4 is 18.5 Å². The highest BCUT2D eigenvalue weighted by molar-refractivity contribution is 7.80. The number of nitrogens with one attached hydrogen (secondary N) is 1. The number of hydrogen-bond donors (Lipinski definition) is 2. The summed E-state index contributed by atoms with van der Waals surface area (Å²) in [6.45, 7) is 2.46. The molecule has 1 atom stereocenters. The second-order valence-corrected chi connectivity index (χ2v) is 3.65. The number of thiol groups is 1. The molecule has 0 saturated heterocycles. The summed E-state index contributed by atoms with van der Waals surface area (Å²) in [5.74, 6) is 0.617. The number of benzene rings is 1. The Morgan fingerprint density at radius 3 is 2.64 bits per heavy atom. The van der Waals surface area contributed by atoms with Crippen LogP contribution in [0, 0.1) is 5.92 Å². The average Bonchev–Trinajstić information content (AvgIpc) is 2.26. The summed E-state index contributed by atoms with van der Waals surface area (Å²) < 4.78 is 0. The Kier molecular flexibility index (Phi) is 4.53. The molecule has 0 unspecified atom stereocenters. The molecular weight excluding hydrogens is 194 g/mol. The molecule has 0 saturated carbocycles. The first-order valence-corrected chi connectivity index (χ1v) is 5.29. The molecular formula is C11H15NOS. The molecule has 0 aliphatic rings. The minimum absolute atomic E-state index is 0.0259. The van der Waals surface area contributed by atoms with E-state index >= 15 is 0 Å². The fraction of sp³-hybridized carbons (Fsp3) is 0.364. The molecule has 0 radical (unpaired) electrons. The van der Waals surface area contributed by atoms with Gasteiger partial charge in [-0.3, -0.25) is 4.79 Å². The van der Waals surface area contributed by atoms with Crippen LogP contribution in [-0.2, 0) is 11.3 Å². The average molecular weight is 209 g/mol. The molecule has 2 nitrogen and oxygen atoms in total. The van der Waals surface area contributed by atoms with Gasteiger partial charge in [0.1, 0.15) is 0 Å². The van der Waals surface area contributed by atoms with Gasteiger partial charge in [0.25, 0.3) is 0 Å². The van der Waals surface area contributed by atoms with E-state index in [9.17, 15) is 4.79 Å². The smallest absolute Gasteiger partial charge is 0.223 e. The van der Waals surface area contributed by atoms with Gasteiger partial charge in [-0.05, 0) is 5.56 Å². The van der Waals surface area contributed by atoms with E-state index in [2.05, 4.69) is 17.9 Å². The predicted molar refractivity (Wildman–Crippen MR) is 61.3 cm³/mol. The van der Waals surface area contributed by atoms with Gasteiger partial charge in [-0.2, -0.15) is 12.6 Å². The fourth-order valence-electron chi connectivity index (χ4n) is 1.04. The Labute approximate surface area is 90.1 Å². The van der Waals surface area contributed by atoms with Gasteiger partial charge in [-0.1, -0.05) is 37.3 Å². The third-order valence-corrected chi connectivity index (χ3v) is 2.58.